The highest BCUT2D eigenvalue weighted by atomic mass is 32.2. The lowest BCUT2D eigenvalue weighted by Crippen LogP contribution is -2.48. The van der Waals surface area contributed by atoms with Crippen molar-refractivity contribution in [3.05, 3.63) is 41.3 Å². The Balaban J connectivity index is 1.33. The first-order valence-electron chi connectivity index (χ1n) is 9.66. The van der Waals surface area contributed by atoms with Gasteiger partial charge in [0.2, 0.25) is 5.91 Å². The van der Waals surface area contributed by atoms with E-state index in [1.807, 2.05) is 31.2 Å². The lowest BCUT2D eigenvalue weighted by Gasteiger charge is -2.31. The van der Waals surface area contributed by atoms with Crippen LogP contribution >= 0.6 is 11.3 Å². The first kappa shape index (κ1) is 20.2. The number of carbonyl (C=O) groups excluding carboxylic acids is 1. The molecule has 0 spiro atoms. The van der Waals surface area contributed by atoms with Crippen LogP contribution in [0.25, 0.3) is 0 Å². The van der Waals surface area contributed by atoms with Crippen LogP contribution in [0.4, 0.5) is 0 Å². The molecule has 4 rings (SSSR count). The van der Waals surface area contributed by atoms with Gasteiger partial charge < -0.3 is 14.8 Å². The fraction of sp³-hybridized carbons (Fsp3) is 0.450. The van der Waals surface area contributed by atoms with Crippen molar-refractivity contribution in [3.63, 3.8) is 0 Å². The molecule has 2 aliphatic rings. The minimum absolute atomic E-state index is 0.144. The Morgan fingerprint density at radius 1 is 1.24 bits per heavy atom. The maximum atomic E-state index is 12.9. The molecule has 0 aliphatic carbocycles. The molecule has 156 valence electrons. The van der Waals surface area contributed by atoms with Crippen LogP contribution in [-0.2, 0) is 14.8 Å². The smallest absolute Gasteiger partial charge is 0.252 e. The van der Waals surface area contributed by atoms with Gasteiger partial charge in [-0.25, -0.2) is 8.42 Å². The second-order valence-corrected chi connectivity index (χ2v) is 10.8. The van der Waals surface area contributed by atoms with E-state index in [1.54, 1.807) is 12.1 Å². The van der Waals surface area contributed by atoms with Crippen LogP contribution < -0.4 is 14.8 Å². The van der Waals surface area contributed by atoms with E-state index in [9.17, 15) is 13.2 Å². The molecule has 2 aromatic rings. The number of para-hydroxylation sites is 2. The predicted molar refractivity (Wildman–Crippen MR) is 110 cm³/mol. The number of piperidine rings is 1. The first-order valence-corrected chi connectivity index (χ1v) is 11.9. The molecule has 1 amide bonds. The highest BCUT2D eigenvalue weighted by Gasteiger charge is 2.34. The van der Waals surface area contributed by atoms with Crippen molar-refractivity contribution in [1.82, 2.24) is 9.62 Å². The van der Waals surface area contributed by atoms with Crippen LogP contribution in [0.15, 0.2) is 40.6 Å². The van der Waals surface area contributed by atoms with Gasteiger partial charge in [0, 0.05) is 18.0 Å². The van der Waals surface area contributed by atoms with Gasteiger partial charge in [0.25, 0.3) is 10.0 Å². The van der Waals surface area contributed by atoms with Crippen molar-refractivity contribution in [2.75, 3.05) is 26.2 Å². The van der Waals surface area contributed by atoms with Gasteiger partial charge in [0.1, 0.15) is 16.9 Å². The molecule has 1 fully saturated rings. The van der Waals surface area contributed by atoms with Crippen LogP contribution in [-0.4, -0.2) is 51.0 Å². The molecule has 0 unspecified atom stereocenters. The summed E-state index contributed by atoms with van der Waals surface area (Å²) in [7, 11) is -3.55. The summed E-state index contributed by atoms with van der Waals surface area (Å²) >= 11 is 1.26. The van der Waals surface area contributed by atoms with E-state index in [-0.39, 0.29) is 24.5 Å². The third kappa shape index (κ3) is 4.41. The summed E-state index contributed by atoms with van der Waals surface area (Å²) in [4.78, 5) is 13.6. The van der Waals surface area contributed by atoms with E-state index in [2.05, 4.69) is 5.32 Å². The van der Waals surface area contributed by atoms with E-state index in [0.717, 1.165) is 4.88 Å². The molecule has 2 aliphatic heterocycles. The average molecular weight is 437 g/mol. The van der Waals surface area contributed by atoms with Crippen LogP contribution in [0.3, 0.4) is 0 Å². The molecule has 1 aromatic carbocycles. The van der Waals surface area contributed by atoms with Gasteiger partial charge in [-0.3, -0.25) is 4.79 Å². The molecular formula is C20H24N2O5S2. The molecule has 0 bridgehead atoms. The number of rotatable bonds is 5. The highest BCUT2D eigenvalue weighted by Crippen LogP contribution is 2.31. The van der Waals surface area contributed by atoms with Crippen molar-refractivity contribution in [2.24, 2.45) is 5.92 Å². The number of hydrogen-bond acceptors (Lipinski definition) is 6. The van der Waals surface area contributed by atoms with E-state index in [0.29, 0.717) is 48.2 Å². The monoisotopic (exact) mass is 436 g/mol. The third-order valence-electron chi connectivity index (χ3n) is 5.14. The molecule has 2 atom stereocenters. The number of amides is 1. The fourth-order valence-electron chi connectivity index (χ4n) is 3.58. The molecule has 1 N–H and O–H groups in total. The lowest BCUT2D eigenvalue weighted by molar-refractivity contribution is -0.126. The number of sulfonamides is 1. The van der Waals surface area contributed by atoms with Crippen LogP contribution in [0.2, 0.25) is 0 Å². The Bertz CT molecular complexity index is 988. The Kier molecular flexibility index (Phi) is 5.80. The Morgan fingerprint density at radius 3 is 2.79 bits per heavy atom. The van der Waals surface area contributed by atoms with Crippen LogP contribution in [0.5, 0.6) is 11.5 Å². The minimum atomic E-state index is -3.55. The number of nitrogens with zero attached hydrogens (tertiary/aromatic N) is 1. The molecule has 9 heteroatoms. The number of thiophene rings is 1. The first-order chi connectivity index (χ1) is 13.9. The number of hydrogen-bond donors (Lipinski definition) is 1. The topological polar surface area (TPSA) is 84.9 Å². The van der Waals surface area contributed by atoms with Gasteiger partial charge in [-0.1, -0.05) is 12.1 Å². The largest absolute Gasteiger partial charge is 0.486 e. The zero-order valence-electron chi connectivity index (χ0n) is 16.2. The molecular weight excluding hydrogens is 412 g/mol. The number of aryl methyl sites for hydroxylation is 1. The number of benzene rings is 1. The SMILES string of the molecule is Cc1ccc(S(=O)(=O)N2CCC[C@@H](C(=O)NC[C@@H]3COc4ccccc4O3)C2)s1. The summed E-state index contributed by atoms with van der Waals surface area (Å²) in [6.45, 7) is 3.21. The molecule has 1 aromatic heterocycles. The zero-order chi connectivity index (χ0) is 20.4. The molecule has 0 saturated carbocycles. The van der Waals surface area contributed by atoms with E-state index >= 15 is 0 Å². The van der Waals surface area contributed by atoms with Crippen LogP contribution in [0.1, 0.15) is 17.7 Å². The standard InChI is InChI=1S/C20H24N2O5S2/c1-14-8-9-19(28-14)29(24,25)22-10-4-5-15(12-22)20(23)21-11-16-13-26-17-6-2-3-7-18(17)27-16/h2-3,6-9,15-16H,4-5,10-13H2,1H3,(H,21,23)/t15-,16-/m1/s1. The van der Waals surface area contributed by atoms with Gasteiger partial charge in [-0.15, -0.1) is 11.3 Å². The fourth-order valence-corrected chi connectivity index (χ4v) is 6.54. The summed E-state index contributed by atoms with van der Waals surface area (Å²) in [5.74, 6) is 0.859. The van der Waals surface area contributed by atoms with Crippen molar-refractivity contribution >= 4 is 27.3 Å². The normalized spacial score (nSPS) is 22.2. The van der Waals surface area contributed by atoms with Gasteiger partial charge in [0.15, 0.2) is 11.5 Å². The number of nitrogens with one attached hydrogen (secondary N) is 1. The van der Waals surface area contributed by atoms with E-state index in [4.69, 9.17) is 9.47 Å². The maximum Gasteiger partial charge on any atom is 0.252 e. The Morgan fingerprint density at radius 2 is 2.03 bits per heavy atom. The summed E-state index contributed by atoms with van der Waals surface area (Å²) in [6, 6.07) is 10.9. The summed E-state index contributed by atoms with van der Waals surface area (Å²) < 4.78 is 39.0. The zero-order valence-corrected chi connectivity index (χ0v) is 17.8. The maximum absolute atomic E-state index is 12.9. The van der Waals surface area contributed by atoms with Gasteiger partial charge in [0.05, 0.1) is 12.5 Å². The molecule has 3 heterocycles. The van der Waals surface area contributed by atoms with Crippen molar-refractivity contribution in [1.29, 1.82) is 0 Å². The predicted octanol–water partition coefficient (Wildman–Crippen LogP) is 2.41. The van der Waals surface area contributed by atoms with E-state index < -0.39 is 10.0 Å². The Hall–Kier alpha value is -2.10. The number of carbonyl (C=O) groups is 1. The second kappa shape index (κ2) is 8.33. The molecule has 0 radical (unpaired) electrons. The van der Waals surface area contributed by atoms with Crippen LogP contribution in [0, 0.1) is 12.8 Å². The molecule has 7 nitrogen and oxygen atoms in total. The molecule has 29 heavy (non-hydrogen) atoms. The summed E-state index contributed by atoms with van der Waals surface area (Å²) in [5, 5.41) is 2.91. The van der Waals surface area contributed by atoms with Crippen molar-refractivity contribution in [2.45, 2.75) is 30.1 Å². The second-order valence-electron chi connectivity index (χ2n) is 7.31. The Labute approximate surface area is 174 Å². The summed E-state index contributed by atoms with van der Waals surface area (Å²) in [6.07, 6.45) is 1.07. The number of fused-ring (bicyclic) bond motifs is 1. The van der Waals surface area contributed by atoms with E-state index in [1.165, 1.54) is 15.6 Å². The van der Waals surface area contributed by atoms with Gasteiger partial charge >= 0.3 is 0 Å². The van der Waals surface area contributed by atoms with Gasteiger partial charge in [-0.2, -0.15) is 4.31 Å². The quantitative estimate of drug-likeness (QED) is 0.778. The van der Waals surface area contributed by atoms with Crippen molar-refractivity contribution < 1.29 is 22.7 Å². The average Bonchev–Trinajstić information content (AvgIpc) is 3.19. The van der Waals surface area contributed by atoms with Gasteiger partial charge in [-0.05, 0) is 44.0 Å². The highest BCUT2D eigenvalue weighted by molar-refractivity contribution is 7.91. The number of ether oxygens (including phenoxy) is 2. The van der Waals surface area contributed by atoms with Crippen molar-refractivity contribution in [3.8, 4) is 11.5 Å². The summed E-state index contributed by atoms with van der Waals surface area (Å²) in [5.41, 5.74) is 0. The lowest BCUT2D eigenvalue weighted by atomic mass is 9.99. The molecule has 1 saturated heterocycles. The third-order valence-corrected chi connectivity index (χ3v) is 8.47. The minimum Gasteiger partial charge on any atom is -0.486 e.